The van der Waals surface area contributed by atoms with E-state index in [1.54, 1.807) is 12.1 Å². The molecule has 168 valence electrons. The van der Waals surface area contributed by atoms with E-state index in [1.165, 1.54) is 0 Å². The number of phenols is 1. The first-order chi connectivity index (χ1) is 14.6. The number of aromatic hydroxyl groups is 1. The fourth-order valence-electron chi connectivity index (χ4n) is 4.10. The van der Waals surface area contributed by atoms with Gasteiger partial charge < -0.3 is 20.3 Å². The molecule has 0 amide bonds. The van der Waals surface area contributed by atoms with Crippen LogP contribution in [-0.4, -0.2) is 23.3 Å². The number of nitrogens with zero attached hydrogens (tertiary/aromatic N) is 1. The van der Waals surface area contributed by atoms with Crippen molar-refractivity contribution in [3.63, 3.8) is 0 Å². The Hall–Kier alpha value is -2.93. The Balaban J connectivity index is 1.50. The number of phenolic OH excluding ortho intramolecular Hbond substituents is 1. The number of hydrogen-bond acceptors (Lipinski definition) is 5. The molecular formula is C24H34N4O3. The van der Waals surface area contributed by atoms with E-state index in [-0.39, 0.29) is 11.6 Å². The van der Waals surface area contributed by atoms with Gasteiger partial charge in [-0.15, -0.1) is 0 Å². The van der Waals surface area contributed by atoms with Crippen molar-refractivity contribution in [1.82, 2.24) is 0 Å². The van der Waals surface area contributed by atoms with Gasteiger partial charge in [-0.2, -0.15) is 0 Å². The minimum absolute atomic E-state index is 0.202. The molecule has 1 aliphatic rings. The van der Waals surface area contributed by atoms with Gasteiger partial charge in [0.05, 0.1) is 12.3 Å². The van der Waals surface area contributed by atoms with Crippen molar-refractivity contribution in [1.29, 1.82) is 5.41 Å². The van der Waals surface area contributed by atoms with Gasteiger partial charge >= 0.3 is 0 Å². The average Bonchev–Trinajstić information content (AvgIpc) is 2.75. The molecule has 7 nitrogen and oxygen atoms in total. The number of ether oxygens (including phenoxy) is 2. The fraction of sp³-hybridized carbons (Fsp3) is 0.458. The smallest absolute Gasteiger partial charge is 0.207 e. The minimum atomic E-state index is -0.216. The maximum Gasteiger partial charge on any atom is 0.207 e. The van der Waals surface area contributed by atoms with E-state index >= 15 is 0 Å². The molecule has 2 aromatic carbocycles. The van der Waals surface area contributed by atoms with E-state index in [0.29, 0.717) is 18.0 Å². The average molecular weight is 427 g/mol. The summed E-state index contributed by atoms with van der Waals surface area (Å²) in [5, 5.41) is 18.8. The van der Waals surface area contributed by atoms with Gasteiger partial charge in [-0.05, 0) is 101 Å². The van der Waals surface area contributed by atoms with Gasteiger partial charge in [0, 0.05) is 5.56 Å². The summed E-state index contributed by atoms with van der Waals surface area (Å²) < 4.78 is 12.3. The lowest BCUT2D eigenvalue weighted by molar-refractivity contribution is 0.0513. The highest BCUT2D eigenvalue weighted by Crippen LogP contribution is 2.44. The lowest BCUT2D eigenvalue weighted by atomic mass is 9.85. The summed E-state index contributed by atoms with van der Waals surface area (Å²) in [6.07, 6.45) is 4.74. The number of rotatable bonds is 7. The van der Waals surface area contributed by atoms with E-state index in [1.807, 2.05) is 32.9 Å². The van der Waals surface area contributed by atoms with Crippen LogP contribution in [0, 0.1) is 26.2 Å². The van der Waals surface area contributed by atoms with Crippen molar-refractivity contribution >= 4 is 11.6 Å². The molecule has 1 aliphatic heterocycles. The Morgan fingerprint density at radius 1 is 1.16 bits per heavy atom. The summed E-state index contributed by atoms with van der Waals surface area (Å²) in [6, 6.07) is 7.19. The van der Waals surface area contributed by atoms with E-state index in [2.05, 4.69) is 6.92 Å². The van der Waals surface area contributed by atoms with Crippen molar-refractivity contribution in [2.75, 3.05) is 11.6 Å². The number of nitrogens with one attached hydrogen (secondary N) is 1. The lowest BCUT2D eigenvalue weighted by Gasteiger charge is -2.38. The summed E-state index contributed by atoms with van der Waals surface area (Å²) in [5.41, 5.74) is 9.84. The van der Waals surface area contributed by atoms with Crippen molar-refractivity contribution in [3.05, 3.63) is 46.5 Å². The second-order valence-corrected chi connectivity index (χ2v) is 8.64. The molecule has 0 aromatic heterocycles. The molecule has 0 radical (unpaired) electrons. The van der Waals surface area contributed by atoms with Gasteiger partial charge in [-0.3, -0.25) is 5.41 Å². The highest BCUT2D eigenvalue weighted by Gasteiger charge is 2.34. The summed E-state index contributed by atoms with van der Waals surface area (Å²) in [7, 11) is 0. The molecule has 2 aromatic rings. The Morgan fingerprint density at radius 3 is 2.48 bits per heavy atom. The third-order valence-electron chi connectivity index (χ3n) is 6.34. The summed E-state index contributed by atoms with van der Waals surface area (Å²) in [4.78, 5) is 0. The molecule has 1 atom stereocenters. The Labute approximate surface area is 184 Å². The quantitative estimate of drug-likeness (QED) is 0.173. The SMILES string of the molecule is Cc1c(C)c2c(c(C)c1O)CCC(C)(CCCCOc1ccc(N(N)C(=N)N)cc1)O2. The van der Waals surface area contributed by atoms with Crippen LogP contribution in [0.1, 0.15) is 54.9 Å². The predicted molar refractivity (Wildman–Crippen MR) is 124 cm³/mol. The van der Waals surface area contributed by atoms with Crippen molar-refractivity contribution in [3.8, 4) is 17.2 Å². The highest BCUT2D eigenvalue weighted by atomic mass is 16.5. The van der Waals surface area contributed by atoms with Crippen molar-refractivity contribution in [2.24, 2.45) is 11.6 Å². The fourth-order valence-corrected chi connectivity index (χ4v) is 4.10. The molecule has 0 spiro atoms. The zero-order valence-electron chi connectivity index (χ0n) is 18.9. The first kappa shape index (κ1) is 22.7. The molecule has 0 aliphatic carbocycles. The van der Waals surface area contributed by atoms with Gasteiger partial charge in [0.15, 0.2) is 0 Å². The number of fused-ring (bicyclic) bond motifs is 1. The monoisotopic (exact) mass is 426 g/mol. The maximum atomic E-state index is 10.3. The molecule has 3 rings (SSSR count). The second kappa shape index (κ2) is 9.06. The van der Waals surface area contributed by atoms with E-state index in [0.717, 1.165) is 70.9 Å². The van der Waals surface area contributed by atoms with Gasteiger partial charge in [0.1, 0.15) is 22.8 Å². The summed E-state index contributed by atoms with van der Waals surface area (Å²) >= 11 is 0. The van der Waals surface area contributed by atoms with Gasteiger partial charge in [-0.1, -0.05) is 0 Å². The molecule has 0 fully saturated rings. The zero-order chi connectivity index (χ0) is 22.8. The normalized spacial score (nSPS) is 17.6. The van der Waals surface area contributed by atoms with E-state index in [4.69, 9.17) is 26.5 Å². The van der Waals surface area contributed by atoms with Crippen LogP contribution in [0.4, 0.5) is 5.69 Å². The third-order valence-corrected chi connectivity index (χ3v) is 6.34. The first-order valence-corrected chi connectivity index (χ1v) is 10.8. The van der Waals surface area contributed by atoms with E-state index in [9.17, 15) is 5.11 Å². The van der Waals surface area contributed by atoms with Crippen LogP contribution in [0.2, 0.25) is 0 Å². The van der Waals surface area contributed by atoms with Gasteiger partial charge in [-0.25, -0.2) is 10.9 Å². The standard InChI is InChI=1S/C24H34N4O3/c1-15-16(2)22-20(17(3)21(15)29)11-13-24(4,31-22)12-5-6-14-30-19-9-7-18(8-10-19)28(27)23(25)26/h7-10,29H,5-6,11-14,27H2,1-4H3,(H3,25,26). The number of guanidine groups is 1. The molecule has 6 N–H and O–H groups in total. The van der Waals surface area contributed by atoms with Crippen LogP contribution in [-0.2, 0) is 6.42 Å². The number of benzene rings is 2. The third kappa shape index (κ3) is 4.88. The summed E-state index contributed by atoms with van der Waals surface area (Å²) in [5.74, 6) is 7.59. The largest absolute Gasteiger partial charge is 0.507 e. The van der Waals surface area contributed by atoms with Crippen molar-refractivity contribution < 1.29 is 14.6 Å². The second-order valence-electron chi connectivity index (χ2n) is 8.64. The topological polar surface area (TPSA) is 118 Å². The predicted octanol–water partition coefficient (Wildman–Crippen LogP) is 4.22. The number of unbranched alkanes of at least 4 members (excludes halogenated alkanes) is 1. The molecule has 31 heavy (non-hydrogen) atoms. The molecule has 0 saturated carbocycles. The van der Waals surface area contributed by atoms with Crippen LogP contribution in [0.5, 0.6) is 17.2 Å². The number of anilines is 1. The molecule has 0 saturated heterocycles. The number of hydrogen-bond donors (Lipinski definition) is 4. The van der Waals surface area contributed by atoms with Crippen LogP contribution in [0.3, 0.4) is 0 Å². The summed E-state index contributed by atoms with van der Waals surface area (Å²) in [6.45, 7) is 8.75. The Kier molecular flexibility index (Phi) is 6.65. The van der Waals surface area contributed by atoms with Crippen LogP contribution in [0.25, 0.3) is 0 Å². The van der Waals surface area contributed by atoms with Gasteiger partial charge in [0.2, 0.25) is 5.96 Å². The molecular weight excluding hydrogens is 392 g/mol. The molecule has 7 heteroatoms. The van der Waals surface area contributed by atoms with Crippen LogP contribution < -0.4 is 26.1 Å². The number of nitrogens with two attached hydrogens (primary N) is 2. The number of hydrazine groups is 1. The molecule has 1 unspecified atom stereocenters. The maximum absolute atomic E-state index is 10.3. The minimum Gasteiger partial charge on any atom is -0.507 e. The first-order valence-electron chi connectivity index (χ1n) is 10.8. The van der Waals surface area contributed by atoms with E-state index < -0.39 is 0 Å². The zero-order valence-corrected chi connectivity index (χ0v) is 18.9. The van der Waals surface area contributed by atoms with Crippen LogP contribution >= 0.6 is 0 Å². The molecule has 1 heterocycles. The molecule has 0 bridgehead atoms. The Morgan fingerprint density at radius 2 is 1.84 bits per heavy atom. The highest BCUT2D eigenvalue weighted by molar-refractivity contribution is 5.91. The van der Waals surface area contributed by atoms with Crippen LogP contribution in [0.15, 0.2) is 24.3 Å². The van der Waals surface area contributed by atoms with Gasteiger partial charge in [0.25, 0.3) is 0 Å². The Bertz CT molecular complexity index is 959. The van der Waals surface area contributed by atoms with Crippen molar-refractivity contribution in [2.45, 2.75) is 65.4 Å². The lowest BCUT2D eigenvalue weighted by Crippen LogP contribution is -2.42.